The Hall–Kier alpha value is -2.22. The van der Waals surface area contributed by atoms with Gasteiger partial charge in [-0.3, -0.25) is 4.79 Å². The fourth-order valence-corrected chi connectivity index (χ4v) is 5.56. The second-order valence-corrected chi connectivity index (χ2v) is 9.07. The van der Waals surface area contributed by atoms with E-state index in [2.05, 4.69) is 5.10 Å². The van der Waals surface area contributed by atoms with Crippen LogP contribution in [0.3, 0.4) is 0 Å². The number of carbonyl (C=O) groups is 1. The Morgan fingerprint density at radius 3 is 2.79 bits per heavy atom. The summed E-state index contributed by atoms with van der Waals surface area (Å²) in [7, 11) is 0. The third kappa shape index (κ3) is 3.70. The van der Waals surface area contributed by atoms with Crippen molar-refractivity contribution in [2.75, 3.05) is 39.3 Å². The van der Waals surface area contributed by atoms with Gasteiger partial charge in [0.05, 0.1) is 42.4 Å². The van der Waals surface area contributed by atoms with Crippen molar-refractivity contribution in [3.63, 3.8) is 0 Å². The summed E-state index contributed by atoms with van der Waals surface area (Å²) in [6.07, 6.45) is 2.79. The summed E-state index contributed by atoms with van der Waals surface area (Å²) in [5, 5.41) is 5.75. The zero-order valence-electron chi connectivity index (χ0n) is 16.8. The fourth-order valence-electron chi connectivity index (χ4n) is 4.41. The third-order valence-electron chi connectivity index (χ3n) is 6.05. The summed E-state index contributed by atoms with van der Waals surface area (Å²) in [5.74, 6) is 0.154. The van der Waals surface area contributed by atoms with E-state index in [9.17, 15) is 4.79 Å². The van der Waals surface area contributed by atoms with E-state index in [1.807, 2.05) is 52.9 Å². The van der Waals surface area contributed by atoms with Crippen molar-refractivity contribution < 1.29 is 14.4 Å². The maximum atomic E-state index is 13.2. The van der Waals surface area contributed by atoms with Crippen molar-refractivity contribution in [2.45, 2.75) is 25.9 Å². The van der Waals surface area contributed by atoms with Crippen LogP contribution in [0.1, 0.15) is 28.2 Å². The van der Waals surface area contributed by atoms with Gasteiger partial charge in [-0.15, -0.1) is 11.3 Å². The molecule has 2 aliphatic rings. The Kier molecular flexibility index (Phi) is 5.11. The first-order valence-electron chi connectivity index (χ1n) is 10.5. The number of para-hydroxylation sites is 1. The second-order valence-electron chi connectivity index (χ2n) is 8.04. The Bertz CT molecular complexity index is 999. The molecule has 0 saturated carbocycles. The van der Waals surface area contributed by atoms with E-state index in [4.69, 9.17) is 4.74 Å². The number of carbonyl (C=O) groups excluding carboxylic acids is 1. The molecule has 2 aromatic heterocycles. The number of rotatable bonds is 4. The normalized spacial score (nSPS) is 20.6. The lowest BCUT2D eigenvalue weighted by molar-refractivity contribution is -0.906. The number of aromatic nitrogens is 2. The largest absolute Gasteiger partial charge is 0.372 e. The summed E-state index contributed by atoms with van der Waals surface area (Å²) in [6, 6.07) is 12.1. The van der Waals surface area contributed by atoms with Gasteiger partial charge >= 0.3 is 0 Å². The summed E-state index contributed by atoms with van der Waals surface area (Å²) < 4.78 is 7.73. The molecule has 29 heavy (non-hydrogen) atoms. The summed E-state index contributed by atoms with van der Waals surface area (Å²) >= 11 is 1.55. The molecule has 7 heteroatoms. The Balaban J connectivity index is 1.30. The highest BCUT2D eigenvalue weighted by molar-refractivity contribution is 7.20. The van der Waals surface area contributed by atoms with Gasteiger partial charge < -0.3 is 14.5 Å². The highest BCUT2D eigenvalue weighted by Gasteiger charge is 2.29. The van der Waals surface area contributed by atoms with Crippen LogP contribution in [0.25, 0.3) is 15.9 Å². The van der Waals surface area contributed by atoms with Crippen molar-refractivity contribution in [2.24, 2.45) is 0 Å². The van der Waals surface area contributed by atoms with E-state index in [1.54, 1.807) is 16.2 Å². The smallest absolute Gasteiger partial charge is 0.264 e. The lowest BCUT2D eigenvalue weighted by atomic mass is 10.2. The average molecular weight is 412 g/mol. The first-order valence-corrected chi connectivity index (χ1v) is 11.3. The molecule has 0 unspecified atom stereocenters. The minimum Gasteiger partial charge on any atom is -0.372 e. The number of ether oxygens (including phenoxy) is 1. The van der Waals surface area contributed by atoms with Crippen molar-refractivity contribution in [1.29, 1.82) is 0 Å². The zero-order chi connectivity index (χ0) is 19.8. The SMILES string of the molecule is Cc1nn(-c2ccccc2)c2sc(C(=O)N3CC[NH+](C[C@H]4CCCO4)CC3)cc12. The zero-order valence-corrected chi connectivity index (χ0v) is 17.6. The molecule has 2 saturated heterocycles. The van der Waals surface area contributed by atoms with Crippen molar-refractivity contribution in [3.8, 4) is 5.69 Å². The van der Waals surface area contributed by atoms with Crippen molar-refractivity contribution in [1.82, 2.24) is 14.7 Å². The molecule has 2 fully saturated rings. The number of nitrogens with one attached hydrogen (secondary N) is 1. The number of thiophene rings is 1. The summed E-state index contributed by atoms with van der Waals surface area (Å²) in [5.41, 5.74) is 1.99. The number of piperazine rings is 1. The van der Waals surface area contributed by atoms with Gasteiger partial charge in [0.1, 0.15) is 17.5 Å². The maximum absolute atomic E-state index is 13.2. The van der Waals surface area contributed by atoms with E-state index in [1.165, 1.54) is 12.8 Å². The first kappa shape index (κ1) is 18.8. The van der Waals surface area contributed by atoms with Crippen molar-refractivity contribution in [3.05, 3.63) is 47.0 Å². The quantitative estimate of drug-likeness (QED) is 0.714. The predicted molar refractivity (Wildman–Crippen MR) is 114 cm³/mol. The fraction of sp³-hybridized carbons (Fsp3) is 0.455. The molecule has 1 aromatic carbocycles. The Morgan fingerprint density at radius 1 is 1.28 bits per heavy atom. The molecule has 5 rings (SSSR count). The highest BCUT2D eigenvalue weighted by Crippen LogP contribution is 2.31. The van der Waals surface area contributed by atoms with Crippen LogP contribution in [0.4, 0.5) is 0 Å². The lowest BCUT2D eigenvalue weighted by Crippen LogP contribution is -3.15. The van der Waals surface area contributed by atoms with Gasteiger partial charge in [-0.2, -0.15) is 5.10 Å². The summed E-state index contributed by atoms with van der Waals surface area (Å²) in [6.45, 7) is 7.65. The number of hydrogen-bond donors (Lipinski definition) is 1. The van der Waals surface area contributed by atoms with Crippen LogP contribution >= 0.6 is 11.3 Å². The van der Waals surface area contributed by atoms with Crippen LogP contribution in [0.5, 0.6) is 0 Å². The van der Waals surface area contributed by atoms with E-state index >= 15 is 0 Å². The van der Waals surface area contributed by atoms with E-state index in [0.29, 0.717) is 6.10 Å². The van der Waals surface area contributed by atoms with Gasteiger partial charge in [-0.25, -0.2) is 4.68 Å². The van der Waals surface area contributed by atoms with Gasteiger partial charge in [-0.05, 0) is 38.0 Å². The number of aryl methyl sites for hydroxylation is 1. The van der Waals surface area contributed by atoms with Gasteiger partial charge in [0, 0.05) is 12.0 Å². The Morgan fingerprint density at radius 2 is 2.07 bits per heavy atom. The molecular formula is C22H27N4O2S+. The summed E-state index contributed by atoms with van der Waals surface area (Å²) in [4.78, 5) is 18.6. The molecule has 2 aliphatic heterocycles. The average Bonchev–Trinajstić information content (AvgIpc) is 3.48. The molecule has 1 N–H and O–H groups in total. The minimum atomic E-state index is 0.154. The minimum absolute atomic E-state index is 0.154. The van der Waals surface area contributed by atoms with Crippen LogP contribution in [0.15, 0.2) is 36.4 Å². The molecule has 1 atom stereocenters. The third-order valence-corrected chi connectivity index (χ3v) is 7.15. The van der Waals surface area contributed by atoms with Crippen LogP contribution in [-0.4, -0.2) is 66.0 Å². The highest BCUT2D eigenvalue weighted by atomic mass is 32.1. The van der Waals surface area contributed by atoms with Crippen LogP contribution < -0.4 is 4.90 Å². The van der Waals surface area contributed by atoms with E-state index in [0.717, 1.165) is 65.8 Å². The monoisotopic (exact) mass is 411 g/mol. The molecule has 0 bridgehead atoms. The molecule has 1 amide bonds. The number of amides is 1. The van der Waals surface area contributed by atoms with Crippen LogP contribution in [-0.2, 0) is 4.74 Å². The first-order chi connectivity index (χ1) is 14.2. The molecule has 0 spiro atoms. The number of hydrogen-bond acceptors (Lipinski definition) is 4. The maximum Gasteiger partial charge on any atom is 0.264 e. The van der Waals surface area contributed by atoms with Gasteiger partial charge in [0.2, 0.25) is 0 Å². The van der Waals surface area contributed by atoms with Gasteiger partial charge in [-0.1, -0.05) is 18.2 Å². The molecule has 152 valence electrons. The molecule has 6 nitrogen and oxygen atoms in total. The molecule has 0 radical (unpaired) electrons. The number of quaternary nitrogens is 1. The number of fused-ring (bicyclic) bond motifs is 1. The van der Waals surface area contributed by atoms with E-state index in [-0.39, 0.29) is 5.91 Å². The van der Waals surface area contributed by atoms with Crippen LogP contribution in [0, 0.1) is 6.92 Å². The molecular weight excluding hydrogens is 384 g/mol. The number of benzene rings is 1. The van der Waals surface area contributed by atoms with Crippen LogP contribution in [0.2, 0.25) is 0 Å². The molecule has 4 heterocycles. The molecule has 0 aliphatic carbocycles. The Labute approximate surface area is 174 Å². The van der Waals surface area contributed by atoms with E-state index < -0.39 is 0 Å². The predicted octanol–water partition coefficient (Wildman–Crippen LogP) is 1.92. The standard InChI is InChI=1S/C22H26N4O2S/c1-16-19-14-20(29-22(19)26(23-16)17-6-3-2-4-7-17)21(27)25-11-9-24(10-12-25)15-18-8-5-13-28-18/h2-4,6-7,14,18H,5,8-13,15H2,1H3/p+1/t18-/m1/s1. The topological polar surface area (TPSA) is 51.8 Å². The lowest BCUT2D eigenvalue weighted by Gasteiger charge is -2.33. The second kappa shape index (κ2) is 7.89. The van der Waals surface area contributed by atoms with Gasteiger partial charge in [0.15, 0.2) is 0 Å². The molecule has 3 aromatic rings. The number of nitrogens with zero attached hydrogens (tertiary/aromatic N) is 3. The van der Waals surface area contributed by atoms with Gasteiger partial charge in [0.25, 0.3) is 5.91 Å². The van der Waals surface area contributed by atoms with Crippen molar-refractivity contribution >= 4 is 27.5 Å².